The molecule has 0 bridgehead atoms. The SMILES string of the molecule is COC(=O)C(SC[C@@H](C)NC(=O)OC(C)(C)C)c1cccs1. The number of alkyl carbamates (subject to hydrolysis) is 1. The maximum Gasteiger partial charge on any atom is 0.407 e. The number of nitrogens with one attached hydrogen (secondary N) is 1. The van der Waals surface area contributed by atoms with E-state index in [1.165, 1.54) is 30.2 Å². The first-order chi connectivity index (χ1) is 10.2. The van der Waals surface area contributed by atoms with Gasteiger partial charge in [0, 0.05) is 16.7 Å². The Morgan fingerprint density at radius 3 is 2.59 bits per heavy atom. The first kappa shape index (κ1) is 18.8. The summed E-state index contributed by atoms with van der Waals surface area (Å²) in [6.07, 6.45) is -0.452. The van der Waals surface area contributed by atoms with Crippen LogP contribution in [0.2, 0.25) is 0 Å². The van der Waals surface area contributed by atoms with Gasteiger partial charge in [0.2, 0.25) is 0 Å². The quantitative estimate of drug-likeness (QED) is 0.798. The predicted molar refractivity (Wildman–Crippen MR) is 90.4 cm³/mol. The molecule has 1 N–H and O–H groups in total. The minimum atomic E-state index is -0.525. The van der Waals surface area contributed by atoms with Crippen molar-refractivity contribution in [2.24, 2.45) is 0 Å². The van der Waals surface area contributed by atoms with E-state index in [0.29, 0.717) is 5.75 Å². The fraction of sp³-hybridized carbons (Fsp3) is 0.600. The van der Waals surface area contributed by atoms with Gasteiger partial charge in [-0.15, -0.1) is 23.1 Å². The number of thiophene rings is 1. The third-order valence-corrected chi connectivity index (χ3v) is 5.05. The zero-order chi connectivity index (χ0) is 16.8. The Hall–Kier alpha value is -1.21. The van der Waals surface area contributed by atoms with Crippen molar-refractivity contribution in [3.63, 3.8) is 0 Å². The summed E-state index contributed by atoms with van der Waals surface area (Å²) in [4.78, 5) is 24.5. The highest BCUT2D eigenvalue weighted by Crippen LogP contribution is 2.33. The van der Waals surface area contributed by atoms with Crippen LogP contribution in [-0.2, 0) is 14.3 Å². The van der Waals surface area contributed by atoms with Crippen molar-refractivity contribution < 1.29 is 19.1 Å². The number of esters is 1. The number of rotatable bonds is 6. The normalized spacial score (nSPS) is 14.0. The maximum atomic E-state index is 11.9. The molecule has 5 nitrogen and oxygen atoms in total. The minimum Gasteiger partial charge on any atom is -0.468 e. The number of hydrogen-bond donors (Lipinski definition) is 1. The lowest BCUT2D eigenvalue weighted by atomic mass is 10.2. The molecular weight excluding hydrogens is 322 g/mol. The molecule has 0 aliphatic heterocycles. The van der Waals surface area contributed by atoms with Crippen LogP contribution in [0.15, 0.2) is 17.5 Å². The van der Waals surface area contributed by atoms with Crippen molar-refractivity contribution in [1.29, 1.82) is 0 Å². The molecule has 0 saturated carbocycles. The van der Waals surface area contributed by atoms with Gasteiger partial charge in [0.05, 0.1) is 7.11 Å². The molecule has 0 aliphatic carbocycles. The Balaban J connectivity index is 2.51. The minimum absolute atomic E-state index is 0.119. The van der Waals surface area contributed by atoms with Crippen LogP contribution in [0.5, 0.6) is 0 Å². The van der Waals surface area contributed by atoms with Gasteiger partial charge in [0.1, 0.15) is 10.9 Å². The molecule has 1 heterocycles. The van der Waals surface area contributed by atoms with Gasteiger partial charge in [-0.3, -0.25) is 4.79 Å². The third-order valence-electron chi connectivity index (χ3n) is 2.49. The van der Waals surface area contributed by atoms with Crippen molar-refractivity contribution >= 4 is 35.2 Å². The number of hydrogen-bond acceptors (Lipinski definition) is 6. The Kier molecular flexibility index (Phi) is 7.22. The Morgan fingerprint density at radius 1 is 1.41 bits per heavy atom. The van der Waals surface area contributed by atoms with Gasteiger partial charge >= 0.3 is 12.1 Å². The zero-order valence-corrected chi connectivity index (χ0v) is 15.2. The molecule has 0 aromatic carbocycles. The second kappa shape index (κ2) is 8.43. The zero-order valence-electron chi connectivity index (χ0n) is 13.5. The highest BCUT2D eigenvalue weighted by molar-refractivity contribution is 8.00. The smallest absolute Gasteiger partial charge is 0.407 e. The molecule has 124 valence electrons. The van der Waals surface area contributed by atoms with Crippen LogP contribution in [0.25, 0.3) is 0 Å². The Labute approximate surface area is 139 Å². The molecule has 1 rings (SSSR count). The van der Waals surface area contributed by atoms with Gasteiger partial charge in [0.15, 0.2) is 0 Å². The van der Waals surface area contributed by atoms with Crippen molar-refractivity contribution in [2.45, 2.75) is 44.6 Å². The van der Waals surface area contributed by atoms with E-state index in [4.69, 9.17) is 9.47 Å². The monoisotopic (exact) mass is 345 g/mol. The van der Waals surface area contributed by atoms with Crippen LogP contribution in [0.4, 0.5) is 4.79 Å². The van der Waals surface area contributed by atoms with E-state index in [-0.39, 0.29) is 17.3 Å². The average molecular weight is 345 g/mol. The summed E-state index contributed by atoms with van der Waals surface area (Å²) in [6.45, 7) is 7.32. The summed E-state index contributed by atoms with van der Waals surface area (Å²) in [7, 11) is 1.38. The lowest BCUT2D eigenvalue weighted by Crippen LogP contribution is -2.39. The highest BCUT2D eigenvalue weighted by Gasteiger charge is 2.24. The molecular formula is C15H23NO4S2. The molecule has 0 aliphatic rings. The highest BCUT2D eigenvalue weighted by atomic mass is 32.2. The van der Waals surface area contributed by atoms with E-state index in [2.05, 4.69) is 5.32 Å². The maximum absolute atomic E-state index is 11.9. The molecule has 1 amide bonds. The third kappa shape index (κ3) is 6.70. The molecule has 7 heteroatoms. The molecule has 1 aromatic rings. The van der Waals surface area contributed by atoms with E-state index in [9.17, 15) is 9.59 Å². The van der Waals surface area contributed by atoms with E-state index in [1.54, 1.807) is 0 Å². The van der Waals surface area contributed by atoms with Crippen LogP contribution in [-0.4, -0.2) is 36.6 Å². The second-order valence-electron chi connectivity index (χ2n) is 5.80. The lowest BCUT2D eigenvalue weighted by Gasteiger charge is -2.22. The second-order valence-corrected chi connectivity index (χ2v) is 7.92. The summed E-state index contributed by atoms with van der Waals surface area (Å²) in [6, 6.07) is 3.69. The molecule has 0 fully saturated rings. The number of carbonyl (C=O) groups is 2. The summed E-state index contributed by atoms with van der Waals surface area (Å²) in [5, 5.41) is 4.32. The largest absolute Gasteiger partial charge is 0.468 e. The van der Waals surface area contributed by atoms with Gasteiger partial charge in [-0.25, -0.2) is 4.79 Å². The number of amides is 1. The first-order valence-corrected chi connectivity index (χ1v) is 8.88. The Morgan fingerprint density at radius 2 is 2.09 bits per heavy atom. The van der Waals surface area contributed by atoms with E-state index >= 15 is 0 Å². The van der Waals surface area contributed by atoms with Crippen LogP contribution in [0.1, 0.15) is 37.8 Å². The standard InChI is InChI=1S/C15H23NO4S2/c1-10(16-14(18)20-15(2,3)4)9-22-12(13(17)19-5)11-7-6-8-21-11/h6-8,10,12H,9H2,1-5H3,(H,16,18)/t10-,12?/m1/s1. The molecule has 0 radical (unpaired) electrons. The summed E-state index contributed by atoms with van der Waals surface area (Å²) >= 11 is 2.96. The molecule has 1 unspecified atom stereocenters. The van der Waals surface area contributed by atoms with Crippen molar-refractivity contribution in [2.75, 3.05) is 12.9 Å². The van der Waals surface area contributed by atoms with Gasteiger partial charge in [0.25, 0.3) is 0 Å². The van der Waals surface area contributed by atoms with E-state index in [1.807, 2.05) is 45.2 Å². The summed E-state index contributed by atoms with van der Waals surface area (Å²) in [5.74, 6) is 0.300. The number of methoxy groups -OCH3 is 1. The van der Waals surface area contributed by atoms with Crippen LogP contribution in [0, 0.1) is 0 Å². The average Bonchev–Trinajstić information content (AvgIpc) is 2.89. The van der Waals surface area contributed by atoms with Crippen molar-refractivity contribution in [3.05, 3.63) is 22.4 Å². The predicted octanol–water partition coefficient (Wildman–Crippen LogP) is 3.61. The molecule has 0 saturated heterocycles. The fourth-order valence-electron chi connectivity index (χ4n) is 1.60. The van der Waals surface area contributed by atoms with Gasteiger partial charge in [-0.2, -0.15) is 0 Å². The van der Waals surface area contributed by atoms with Crippen molar-refractivity contribution in [3.8, 4) is 0 Å². The first-order valence-electron chi connectivity index (χ1n) is 6.95. The van der Waals surface area contributed by atoms with E-state index < -0.39 is 11.7 Å². The van der Waals surface area contributed by atoms with Crippen LogP contribution in [0.3, 0.4) is 0 Å². The topological polar surface area (TPSA) is 64.6 Å². The van der Waals surface area contributed by atoms with Gasteiger partial charge < -0.3 is 14.8 Å². The number of thioether (sulfide) groups is 1. The van der Waals surface area contributed by atoms with Crippen LogP contribution >= 0.6 is 23.1 Å². The van der Waals surface area contributed by atoms with Gasteiger partial charge in [-0.05, 0) is 39.1 Å². The van der Waals surface area contributed by atoms with Crippen LogP contribution < -0.4 is 5.32 Å². The lowest BCUT2D eigenvalue weighted by molar-refractivity contribution is -0.140. The van der Waals surface area contributed by atoms with Gasteiger partial charge in [-0.1, -0.05) is 6.07 Å². The molecule has 22 heavy (non-hydrogen) atoms. The molecule has 0 spiro atoms. The Bertz CT molecular complexity index is 482. The molecule has 2 atom stereocenters. The van der Waals surface area contributed by atoms with E-state index in [0.717, 1.165) is 4.88 Å². The summed E-state index contributed by atoms with van der Waals surface area (Å²) < 4.78 is 10.1. The molecule has 1 aromatic heterocycles. The fourth-order valence-corrected chi connectivity index (χ4v) is 3.71. The summed E-state index contributed by atoms with van der Waals surface area (Å²) in [5.41, 5.74) is -0.525. The van der Waals surface area contributed by atoms with Crippen molar-refractivity contribution in [1.82, 2.24) is 5.32 Å². The number of ether oxygens (including phenoxy) is 2. The number of carbonyl (C=O) groups excluding carboxylic acids is 2.